The van der Waals surface area contributed by atoms with Gasteiger partial charge in [-0.2, -0.15) is 4.98 Å². The fourth-order valence-electron chi connectivity index (χ4n) is 1.61. The summed E-state index contributed by atoms with van der Waals surface area (Å²) in [4.78, 5) is 18.1. The molecule has 0 saturated heterocycles. The maximum absolute atomic E-state index is 11.1. The Labute approximate surface area is 123 Å². The van der Waals surface area contributed by atoms with Crippen molar-refractivity contribution in [2.75, 3.05) is 11.1 Å². The van der Waals surface area contributed by atoms with Gasteiger partial charge < -0.3 is 11.1 Å². The Kier molecular flexibility index (Phi) is 3.91. The minimum absolute atomic E-state index is 0.0239. The predicted molar refractivity (Wildman–Crippen MR) is 77.6 cm³/mol. The van der Waals surface area contributed by atoms with Gasteiger partial charge in [0, 0.05) is 5.02 Å². The molecule has 1 aromatic heterocycles. The van der Waals surface area contributed by atoms with Crippen molar-refractivity contribution in [1.29, 1.82) is 0 Å². The first-order valence-corrected chi connectivity index (χ1v) is 6.14. The fourth-order valence-corrected chi connectivity index (χ4v) is 2.07. The molecule has 3 N–H and O–H groups in total. The number of rotatable bonds is 3. The number of hydrogen-bond acceptors (Lipinski definition) is 6. The number of nitrogen functional groups attached to an aromatic ring is 1. The second kappa shape index (κ2) is 5.48. The quantitative estimate of drug-likeness (QED) is 0.664. The maximum atomic E-state index is 11.1. The number of nitrogens with two attached hydrogens (primary N) is 1. The van der Waals surface area contributed by atoms with Crippen molar-refractivity contribution >= 4 is 46.3 Å². The monoisotopic (exact) mass is 313 g/mol. The van der Waals surface area contributed by atoms with Crippen molar-refractivity contribution in [3.8, 4) is 0 Å². The summed E-state index contributed by atoms with van der Waals surface area (Å²) in [6, 6.07) is 4.69. The third-order valence-corrected chi connectivity index (χ3v) is 2.99. The molecule has 2 rings (SSSR count). The normalized spacial score (nSPS) is 10.3. The van der Waals surface area contributed by atoms with Gasteiger partial charge in [0.15, 0.2) is 0 Å². The maximum Gasteiger partial charge on any atom is 0.332 e. The van der Waals surface area contributed by atoms with Crippen LogP contribution >= 0.6 is 23.2 Å². The van der Waals surface area contributed by atoms with Crippen molar-refractivity contribution in [2.24, 2.45) is 0 Å². The zero-order chi connectivity index (χ0) is 14.9. The van der Waals surface area contributed by atoms with E-state index < -0.39 is 4.92 Å². The van der Waals surface area contributed by atoms with Crippen LogP contribution < -0.4 is 11.1 Å². The lowest BCUT2D eigenvalue weighted by Crippen LogP contribution is -2.07. The smallest absolute Gasteiger partial charge is 0.332 e. The molecule has 0 unspecified atom stereocenters. The van der Waals surface area contributed by atoms with Crippen LogP contribution in [0.5, 0.6) is 0 Å². The first-order valence-electron chi connectivity index (χ1n) is 5.39. The third-order valence-electron chi connectivity index (χ3n) is 2.44. The lowest BCUT2D eigenvalue weighted by atomic mass is 10.3. The Hall–Kier alpha value is -2.12. The van der Waals surface area contributed by atoms with Gasteiger partial charge in [-0.15, -0.1) is 0 Å². The SMILES string of the molecule is Cc1nc(N)nc(Nc2ccc(Cl)cc2Cl)c1[N+](=O)[O-]. The van der Waals surface area contributed by atoms with Gasteiger partial charge in [-0.25, -0.2) is 4.98 Å². The molecule has 0 atom stereocenters. The lowest BCUT2D eigenvalue weighted by Gasteiger charge is -2.09. The summed E-state index contributed by atoms with van der Waals surface area (Å²) in [5.74, 6) is -0.0927. The topological polar surface area (TPSA) is 107 Å². The molecular formula is C11H9Cl2N5O2. The molecule has 0 bridgehead atoms. The van der Waals surface area contributed by atoms with E-state index in [9.17, 15) is 10.1 Å². The molecule has 1 heterocycles. The van der Waals surface area contributed by atoms with Crippen molar-refractivity contribution in [2.45, 2.75) is 6.92 Å². The zero-order valence-electron chi connectivity index (χ0n) is 10.2. The van der Waals surface area contributed by atoms with E-state index in [1.807, 2.05) is 0 Å². The Morgan fingerprint density at radius 2 is 2.05 bits per heavy atom. The molecule has 1 aromatic carbocycles. The van der Waals surface area contributed by atoms with Gasteiger partial charge in [0.2, 0.25) is 11.8 Å². The first-order chi connectivity index (χ1) is 9.38. The van der Waals surface area contributed by atoms with Gasteiger partial charge in [0.1, 0.15) is 5.69 Å². The number of nitrogens with zero attached hydrogens (tertiary/aromatic N) is 3. The van der Waals surface area contributed by atoms with Crippen molar-refractivity contribution in [3.05, 3.63) is 44.1 Å². The molecule has 0 amide bonds. The molecule has 0 aliphatic carbocycles. The highest BCUT2D eigenvalue weighted by molar-refractivity contribution is 6.36. The molecule has 0 aliphatic heterocycles. The van der Waals surface area contributed by atoms with E-state index in [4.69, 9.17) is 28.9 Å². The molecule has 0 radical (unpaired) electrons. The molecule has 2 aromatic rings. The predicted octanol–water partition coefficient (Wildman–Crippen LogP) is 3.33. The van der Waals surface area contributed by atoms with E-state index in [1.165, 1.54) is 13.0 Å². The van der Waals surface area contributed by atoms with E-state index in [-0.39, 0.29) is 23.1 Å². The highest BCUT2D eigenvalue weighted by Crippen LogP contribution is 2.32. The highest BCUT2D eigenvalue weighted by atomic mass is 35.5. The van der Waals surface area contributed by atoms with Crippen LogP contribution in [-0.2, 0) is 0 Å². The summed E-state index contributed by atoms with van der Waals surface area (Å²) in [6.45, 7) is 1.48. The molecular weight excluding hydrogens is 305 g/mol. The van der Waals surface area contributed by atoms with Gasteiger partial charge in [-0.1, -0.05) is 23.2 Å². The number of aryl methyl sites for hydroxylation is 1. The van der Waals surface area contributed by atoms with E-state index in [0.29, 0.717) is 15.7 Å². The minimum atomic E-state index is -0.582. The number of halogens is 2. The largest absolute Gasteiger partial charge is 0.368 e. The second-order valence-corrected chi connectivity index (χ2v) is 4.71. The van der Waals surface area contributed by atoms with Crippen LogP contribution in [-0.4, -0.2) is 14.9 Å². The molecule has 104 valence electrons. The standard InChI is InChI=1S/C11H9Cl2N5O2/c1-5-9(18(19)20)10(17-11(14)15-5)16-8-3-2-6(12)4-7(8)13/h2-4H,1H3,(H3,14,15,16,17). The molecule has 7 nitrogen and oxygen atoms in total. The van der Waals surface area contributed by atoms with Crippen molar-refractivity contribution in [3.63, 3.8) is 0 Å². The molecule has 0 spiro atoms. The number of aromatic nitrogens is 2. The van der Waals surface area contributed by atoms with E-state index in [1.54, 1.807) is 12.1 Å². The van der Waals surface area contributed by atoms with Crippen LogP contribution in [0.2, 0.25) is 10.0 Å². The number of benzene rings is 1. The van der Waals surface area contributed by atoms with Gasteiger partial charge >= 0.3 is 5.69 Å². The fraction of sp³-hybridized carbons (Fsp3) is 0.0909. The van der Waals surface area contributed by atoms with Crippen molar-refractivity contribution in [1.82, 2.24) is 9.97 Å². The Morgan fingerprint density at radius 1 is 1.35 bits per heavy atom. The Morgan fingerprint density at radius 3 is 2.65 bits per heavy atom. The molecule has 20 heavy (non-hydrogen) atoms. The highest BCUT2D eigenvalue weighted by Gasteiger charge is 2.22. The minimum Gasteiger partial charge on any atom is -0.368 e. The summed E-state index contributed by atoms with van der Waals surface area (Å²) in [6.07, 6.45) is 0. The molecule has 0 saturated carbocycles. The van der Waals surface area contributed by atoms with Gasteiger partial charge in [-0.05, 0) is 25.1 Å². The molecule has 9 heteroatoms. The second-order valence-electron chi connectivity index (χ2n) is 3.87. The average Bonchev–Trinajstić information content (AvgIpc) is 2.31. The van der Waals surface area contributed by atoms with Crippen LogP contribution in [0.25, 0.3) is 0 Å². The number of hydrogen-bond donors (Lipinski definition) is 2. The molecule has 0 fully saturated rings. The Balaban J connectivity index is 2.50. The van der Waals surface area contributed by atoms with Crippen molar-refractivity contribution < 1.29 is 4.92 Å². The van der Waals surface area contributed by atoms with Crippen LogP contribution in [0, 0.1) is 17.0 Å². The van der Waals surface area contributed by atoms with Crippen LogP contribution in [0.3, 0.4) is 0 Å². The molecule has 0 aliphatic rings. The summed E-state index contributed by atoms with van der Waals surface area (Å²) in [5, 5.41) is 14.6. The lowest BCUT2D eigenvalue weighted by molar-refractivity contribution is -0.385. The van der Waals surface area contributed by atoms with E-state index >= 15 is 0 Å². The summed E-state index contributed by atoms with van der Waals surface area (Å²) >= 11 is 11.8. The van der Waals surface area contributed by atoms with E-state index in [0.717, 1.165) is 0 Å². The summed E-state index contributed by atoms with van der Waals surface area (Å²) in [7, 11) is 0. The van der Waals surface area contributed by atoms with Gasteiger partial charge in [0.25, 0.3) is 0 Å². The third kappa shape index (κ3) is 2.89. The number of nitro groups is 1. The zero-order valence-corrected chi connectivity index (χ0v) is 11.7. The Bertz CT molecular complexity index is 693. The number of anilines is 3. The van der Waals surface area contributed by atoms with Gasteiger partial charge in [-0.3, -0.25) is 10.1 Å². The first kappa shape index (κ1) is 14.3. The van der Waals surface area contributed by atoms with Crippen LogP contribution in [0.4, 0.5) is 23.1 Å². The van der Waals surface area contributed by atoms with Gasteiger partial charge in [0.05, 0.1) is 15.6 Å². The van der Waals surface area contributed by atoms with Crippen LogP contribution in [0.15, 0.2) is 18.2 Å². The summed E-state index contributed by atoms with van der Waals surface area (Å²) in [5.41, 5.74) is 5.84. The van der Waals surface area contributed by atoms with Crippen LogP contribution in [0.1, 0.15) is 5.69 Å². The average molecular weight is 314 g/mol. The number of nitrogens with one attached hydrogen (secondary N) is 1. The van der Waals surface area contributed by atoms with E-state index in [2.05, 4.69) is 15.3 Å². The summed E-state index contributed by atoms with van der Waals surface area (Å²) < 4.78 is 0.